The van der Waals surface area contributed by atoms with Crippen molar-refractivity contribution < 1.29 is 4.74 Å². The van der Waals surface area contributed by atoms with Crippen molar-refractivity contribution in [1.82, 2.24) is 9.78 Å². The van der Waals surface area contributed by atoms with Crippen molar-refractivity contribution in [2.24, 2.45) is 0 Å². The number of rotatable bonds is 4. The van der Waals surface area contributed by atoms with Crippen molar-refractivity contribution in [2.45, 2.75) is 13.2 Å². The molecule has 98 valence electrons. The molecule has 0 aliphatic heterocycles. The molecule has 0 unspecified atom stereocenters. The van der Waals surface area contributed by atoms with E-state index in [9.17, 15) is 0 Å². The quantitative estimate of drug-likeness (QED) is 0.870. The minimum Gasteiger partial charge on any atom is -0.378 e. The monoisotopic (exact) mass is 295 g/mol. The van der Waals surface area contributed by atoms with Crippen molar-refractivity contribution in [3.63, 3.8) is 0 Å². The van der Waals surface area contributed by atoms with Gasteiger partial charge >= 0.3 is 0 Å². The first-order valence-corrected chi connectivity index (χ1v) is 6.30. The van der Waals surface area contributed by atoms with Crippen molar-refractivity contribution in [2.75, 3.05) is 7.11 Å². The normalized spacial score (nSPS) is 10.4. The van der Waals surface area contributed by atoms with Gasteiger partial charge in [-0.3, -0.25) is 0 Å². The van der Waals surface area contributed by atoms with Gasteiger partial charge in [0.2, 0.25) is 0 Å². The molecule has 19 heavy (non-hydrogen) atoms. The molecule has 0 fully saturated rings. The second kappa shape index (κ2) is 6.07. The van der Waals surface area contributed by atoms with Crippen LogP contribution >= 0.6 is 23.2 Å². The van der Waals surface area contributed by atoms with Crippen molar-refractivity contribution in [1.29, 1.82) is 5.26 Å². The Labute approximate surface area is 121 Å². The zero-order chi connectivity index (χ0) is 13.8. The standard InChI is InChI=1S/C13H11Cl2N3O/c1-19-8-12-11(6-16)13(15)18(17-12)7-9-2-4-10(14)5-3-9/h2-5H,7-8H2,1H3. The van der Waals surface area contributed by atoms with E-state index in [2.05, 4.69) is 5.10 Å². The lowest BCUT2D eigenvalue weighted by molar-refractivity contribution is 0.180. The fraction of sp³-hybridized carbons (Fsp3) is 0.231. The van der Waals surface area contributed by atoms with E-state index >= 15 is 0 Å². The van der Waals surface area contributed by atoms with Crippen molar-refractivity contribution in [3.05, 3.63) is 51.3 Å². The molecule has 0 atom stereocenters. The summed E-state index contributed by atoms with van der Waals surface area (Å²) >= 11 is 12.0. The van der Waals surface area contributed by atoms with E-state index < -0.39 is 0 Å². The first-order valence-electron chi connectivity index (χ1n) is 5.54. The van der Waals surface area contributed by atoms with Gasteiger partial charge in [0.1, 0.15) is 22.5 Å². The van der Waals surface area contributed by atoms with Crippen LogP contribution in [-0.2, 0) is 17.9 Å². The van der Waals surface area contributed by atoms with Crippen LogP contribution in [0.1, 0.15) is 16.8 Å². The first kappa shape index (κ1) is 13.9. The molecule has 1 aromatic heterocycles. The van der Waals surface area contributed by atoms with Crippen LogP contribution in [0.3, 0.4) is 0 Å². The Morgan fingerprint density at radius 3 is 2.58 bits per heavy atom. The van der Waals surface area contributed by atoms with Crippen LogP contribution in [0.4, 0.5) is 0 Å². The average molecular weight is 296 g/mol. The molecule has 0 saturated carbocycles. The molecule has 0 bridgehead atoms. The number of aromatic nitrogens is 2. The van der Waals surface area contributed by atoms with E-state index in [4.69, 9.17) is 33.2 Å². The van der Waals surface area contributed by atoms with Gasteiger partial charge in [0.15, 0.2) is 0 Å². The van der Waals surface area contributed by atoms with Gasteiger partial charge in [-0.2, -0.15) is 10.4 Å². The maximum Gasteiger partial charge on any atom is 0.145 e. The summed E-state index contributed by atoms with van der Waals surface area (Å²) in [4.78, 5) is 0. The largest absolute Gasteiger partial charge is 0.378 e. The van der Waals surface area contributed by atoms with Gasteiger partial charge in [0.05, 0.1) is 13.2 Å². The molecule has 0 radical (unpaired) electrons. The Morgan fingerprint density at radius 1 is 1.32 bits per heavy atom. The SMILES string of the molecule is COCc1nn(Cc2ccc(Cl)cc2)c(Cl)c1C#N. The molecule has 2 rings (SSSR count). The van der Waals surface area contributed by atoms with E-state index in [1.807, 2.05) is 18.2 Å². The Kier molecular flexibility index (Phi) is 4.43. The number of hydrogen-bond donors (Lipinski definition) is 0. The Bertz CT molecular complexity index is 614. The van der Waals surface area contributed by atoms with Crippen molar-refractivity contribution in [3.8, 4) is 6.07 Å². The van der Waals surface area contributed by atoms with Crippen LogP contribution in [-0.4, -0.2) is 16.9 Å². The number of methoxy groups -OCH3 is 1. The molecular formula is C13H11Cl2N3O. The van der Waals surface area contributed by atoms with Gasteiger partial charge in [0.25, 0.3) is 0 Å². The maximum atomic E-state index is 9.08. The lowest BCUT2D eigenvalue weighted by atomic mass is 10.2. The predicted octanol–water partition coefficient (Wildman–Crippen LogP) is 3.26. The fourth-order valence-corrected chi connectivity index (χ4v) is 2.08. The van der Waals surface area contributed by atoms with E-state index in [0.717, 1.165) is 5.56 Å². The second-order valence-corrected chi connectivity index (χ2v) is 4.74. The molecule has 1 aromatic carbocycles. The number of nitrogens with zero attached hydrogens (tertiary/aromatic N) is 3. The molecule has 6 heteroatoms. The summed E-state index contributed by atoms with van der Waals surface area (Å²) in [5, 5.41) is 14.4. The third-order valence-corrected chi connectivity index (χ3v) is 3.24. The van der Waals surface area contributed by atoms with Crippen LogP contribution in [0.25, 0.3) is 0 Å². The minimum absolute atomic E-state index is 0.260. The van der Waals surface area contributed by atoms with Gasteiger partial charge in [-0.1, -0.05) is 35.3 Å². The molecule has 0 aliphatic carbocycles. The third-order valence-electron chi connectivity index (χ3n) is 2.60. The highest BCUT2D eigenvalue weighted by Gasteiger charge is 2.16. The summed E-state index contributed by atoms with van der Waals surface area (Å²) in [6.45, 7) is 0.741. The number of halogens is 2. The third kappa shape index (κ3) is 3.07. The van der Waals surface area contributed by atoms with Gasteiger partial charge < -0.3 is 4.74 Å². The molecule has 0 spiro atoms. The molecule has 0 amide bonds. The van der Waals surface area contributed by atoms with E-state index in [1.165, 1.54) is 0 Å². The lowest BCUT2D eigenvalue weighted by Crippen LogP contribution is -2.02. The first-order chi connectivity index (χ1) is 9.15. The van der Waals surface area contributed by atoms with Crippen LogP contribution in [0, 0.1) is 11.3 Å². The Hall–Kier alpha value is -1.54. The molecule has 0 saturated heterocycles. The molecule has 0 aliphatic rings. The summed E-state index contributed by atoms with van der Waals surface area (Å²) in [7, 11) is 1.55. The molecule has 4 nitrogen and oxygen atoms in total. The van der Waals surface area contributed by atoms with Crippen molar-refractivity contribution >= 4 is 23.2 Å². The van der Waals surface area contributed by atoms with Crippen LogP contribution in [0.5, 0.6) is 0 Å². The van der Waals surface area contributed by atoms with E-state index in [-0.39, 0.29) is 6.61 Å². The van der Waals surface area contributed by atoms with Gasteiger partial charge in [-0.05, 0) is 17.7 Å². The number of hydrogen-bond acceptors (Lipinski definition) is 3. The highest BCUT2D eigenvalue weighted by atomic mass is 35.5. The maximum absolute atomic E-state index is 9.08. The summed E-state index contributed by atoms with van der Waals surface area (Å²) < 4.78 is 6.58. The molecule has 1 heterocycles. The lowest BCUT2D eigenvalue weighted by Gasteiger charge is -2.03. The minimum atomic E-state index is 0.260. The number of nitriles is 1. The smallest absolute Gasteiger partial charge is 0.145 e. The van der Waals surface area contributed by atoms with Crippen LogP contribution < -0.4 is 0 Å². The number of benzene rings is 1. The average Bonchev–Trinajstić information content (AvgIpc) is 2.69. The Morgan fingerprint density at radius 2 is 2.00 bits per heavy atom. The molecule has 0 N–H and O–H groups in total. The summed E-state index contributed by atoms with van der Waals surface area (Å²) in [6.07, 6.45) is 0. The van der Waals surface area contributed by atoms with E-state index in [0.29, 0.717) is 28.0 Å². The predicted molar refractivity (Wildman–Crippen MR) is 73.2 cm³/mol. The highest BCUT2D eigenvalue weighted by molar-refractivity contribution is 6.31. The summed E-state index contributed by atoms with van der Waals surface area (Å²) in [6, 6.07) is 9.43. The zero-order valence-electron chi connectivity index (χ0n) is 10.2. The molecular weight excluding hydrogens is 285 g/mol. The topological polar surface area (TPSA) is 50.8 Å². The fourth-order valence-electron chi connectivity index (χ4n) is 1.70. The van der Waals surface area contributed by atoms with Gasteiger partial charge in [0, 0.05) is 12.1 Å². The van der Waals surface area contributed by atoms with E-state index in [1.54, 1.807) is 23.9 Å². The van der Waals surface area contributed by atoms with Gasteiger partial charge in [-0.15, -0.1) is 0 Å². The van der Waals surface area contributed by atoms with Crippen LogP contribution in [0.2, 0.25) is 10.2 Å². The summed E-state index contributed by atoms with van der Waals surface area (Å²) in [5.41, 5.74) is 1.91. The highest BCUT2D eigenvalue weighted by Crippen LogP contribution is 2.21. The zero-order valence-corrected chi connectivity index (χ0v) is 11.7. The Balaban J connectivity index is 2.30. The van der Waals surface area contributed by atoms with Gasteiger partial charge in [-0.25, -0.2) is 4.68 Å². The number of ether oxygens (including phenoxy) is 1. The molecule has 2 aromatic rings. The second-order valence-electron chi connectivity index (χ2n) is 3.94. The van der Waals surface area contributed by atoms with Crippen LogP contribution in [0.15, 0.2) is 24.3 Å². The summed E-state index contributed by atoms with van der Waals surface area (Å²) in [5.74, 6) is 0.